The van der Waals surface area contributed by atoms with Gasteiger partial charge in [0.1, 0.15) is 12.5 Å². The molecule has 1 aliphatic rings. The summed E-state index contributed by atoms with van der Waals surface area (Å²) in [6.45, 7) is 1.50. The second kappa shape index (κ2) is 5.61. The first kappa shape index (κ1) is 14.1. The van der Waals surface area contributed by atoms with Gasteiger partial charge in [-0.2, -0.15) is 0 Å². The van der Waals surface area contributed by atoms with Crippen LogP contribution in [0.4, 0.5) is 4.79 Å². The molecule has 100 valence electrons. The van der Waals surface area contributed by atoms with Gasteiger partial charge in [-0.3, -0.25) is 24.6 Å². The van der Waals surface area contributed by atoms with E-state index in [-0.39, 0.29) is 12.5 Å². The zero-order valence-electron chi connectivity index (χ0n) is 10.7. The smallest absolute Gasteiger partial charge is 0.331 e. The van der Waals surface area contributed by atoms with E-state index in [0.29, 0.717) is 12.8 Å². The molecule has 1 fully saturated rings. The van der Waals surface area contributed by atoms with Crippen LogP contribution in [0, 0.1) is 5.92 Å². The third-order valence-corrected chi connectivity index (χ3v) is 2.73. The van der Waals surface area contributed by atoms with Crippen LogP contribution in [-0.2, 0) is 14.4 Å². The molecule has 0 aromatic carbocycles. The lowest BCUT2D eigenvalue weighted by molar-refractivity contribution is -0.146. The van der Waals surface area contributed by atoms with Crippen molar-refractivity contribution in [3.05, 3.63) is 0 Å². The van der Waals surface area contributed by atoms with Gasteiger partial charge in [0.15, 0.2) is 0 Å². The highest BCUT2D eigenvalue weighted by atomic mass is 16.2. The fourth-order valence-electron chi connectivity index (χ4n) is 1.63. The van der Waals surface area contributed by atoms with Crippen LogP contribution < -0.4 is 5.32 Å². The zero-order valence-corrected chi connectivity index (χ0v) is 10.7. The number of likely N-dealkylation sites (N-methyl/N-ethyl adjacent to an activating group) is 1. The van der Waals surface area contributed by atoms with Crippen LogP contribution in [0.1, 0.15) is 19.8 Å². The molecule has 0 radical (unpaired) electrons. The summed E-state index contributed by atoms with van der Waals surface area (Å²) >= 11 is 0. The lowest BCUT2D eigenvalue weighted by atomic mass is 9.99. The minimum absolute atomic E-state index is 0.342. The second-order valence-corrected chi connectivity index (χ2v) is 4.35. The quantitative estimate of drug-likeness (QED) is 0.690. The summed E-state index contributed by atoms with van der Waals surface area (Å²) in [5.74, 6) is -2.42. The normalized spacial score (nSPS) is 19.8. The predicted molar refractivity (Wildman–Crippen MR) is 62.3 cm³/mol. The average molecular weight is 255 g/mol. The van der Waals surface area contributed by atoms with E-state index < -0.39 is 23.8 Å². The van der Waals surface area contributed by atoms with E-state index in [0.717, 1.165) is 4.90 Å². The number of carbonyl (C=O) groups excluding carboxylic acids is 4. The summed E-state index contributed by atoms with van der Waals surface area (Å²) in [6, 6.07) is -0.826. The molecule has 0 aromatic rings. The minimum Gasteiger partial charge on any atom is -0.347 e. The van der Waals surface area contributed by atoms with Crippen LogP contribution in [0.3, 0.4) is 0 Å². The second-order valence-electron chi connectivity index (χ2n) is 4.35. The molecule has 0 bridgehead atoms. The molecule has 18 heavy (non-hydrogen) atoms. The Morgan fingerprint density at radius 2 is 1.94 bits per heavy atom. The molecule has 0 saturated carbocycles. The van der Waals surface area contributed by atoms with E-state index in [1.165, 1.54) is 19.0 Å². The van der Waals surface area contributed by atoms with Crippen LogP contribution >= 0.6 is 0 Å². The number of carbonyl (C=O) groups is 4. The summed E-state index contributed by atoms with van der Waals surface area (Å²) < 4.78 is 0. The summed E-state index contributed by atoms with van der Waals surface area (Å²) in [6.07, 6.45) is 1.01. The Balaban J connectivity index is 2.83. The van der Waals surface area contributed by atoms with Crippen molar-refractivity contribution in [2.24, 2.45) is 5.92 Å². The first-order chi connectivity index (χ1) is 8.38. The first-order valence-corrected chi connectivity index (χ1v) is 5.74. The van der Waals surface area contributed by atoms with Crippen molar-refractivity contribution < 1.29 is 19.2 Å². The van der Waals surface area contributed by atoms with Crippen molar-refractivity contribution in [3.63, 3.8) is 0 Å². The van der Waals surface area contributed by atoms with Crippen molar-refractivity contribution in [1.29, 1.82) is 0 Å². The monoisotopic (exact) mass is 255 g/mol. The van der Waals surface area contributed by atoms with E-state index in [9.17, 15) is 19.2 Å². The molecule has 1 aliphatic heterocycles. The number of nitrogens with zero attached hydrogens (tertiary/aromatic N) is 2. The third kappa shape index (κ3) is 2.85. The highest BCUT2D eigenvalue weighted by Crippen LogP contribution is 2.15. The highest BCUT2D eigenvalue weighted by Gasteiger charge is 2.40. The highest BCUT2D eigenvalue weighted by molar-refractivity contribution is 6.17. The SMILES string of the molecule is CCCC1C(=O)NC(=O)N(CC(=O)N(C)C)C1=O. The third-order valence-electron chi connectivity index (χ3n) is 2.73. The van der Waals surface area contributed by atoms with Gasteiger partial charge in [-0.25, -0.2) is 4.79 Å². The van der Waals surface area contributed by atoms with Gasteiger partial charge in [-0.05, 0) is 6.42 Å². The number of hydrogen-bond donors (Lipinski definition) is 1. The first-order valence-electron chi connectivity index (χ1n) is 5.74. The van der Waals surface area contributed by atoms with Crippen molar-refractivity contribution in [2.75, 3.05) is 20.6 Å². The minimum atomic E-state index is -0.873. The van der Waals surface area contributed by atoms with E-state index in [1.54, 1.807) is 0 Å². The topological polar surface area (TPSA) is 86.8 Å². The summed E-state index contributed by atoms with van der Waals surface area (Å²) in [4.78, 5) is 48.6. The van der Waals surface area contributed by atoms with Gasteiger partial charge < -0.3 is 4.90 Å². The fourth-order valence-corrected chi connectivity index (χ4v) is 1.63. The molecule has 1 rings (SSSR count). The fraction of sp³-hybridized carbons (Fsp3) is 0.636. The van der Waals surface area contributed by atoms with E-state index >= 15 is 0 Å². The Labute approximate surface area is 105 Å². The van der Waals surface area contributed by atoms with Gasteiger partial charge in [-0.15, -0.1) is 0 Å². The van der Waals surface area contributed by atoms with Crippen LogP contribution in [0.5, 0.6) is 0 Å². The Kier molecular flexibility index (Phi) is 4.41. The molecular formula is C11H17N3O4. The Hall–Kier alpha value is -1.92. The summed E-state index contributed by atoms with van der Waals surface area (Å²) in [5.41, 5.74) is 0. The Morgan fingerprint density at radius 3 is 2.44 bits per heavy atom. The van der Waals surface area contributed by atoms with E-state index in [4.69, 9.17) is 0 Å². The maximum atomic E-state index is 12.0. The number of urea groups is 1. The van der Waals surface area contributed by atoms with Gasteiger partial charge in [0, 0.05) is 14.1 Å². The standard InChI is InChI=1S/C11H17N3O4/c1-4-5-7-9(16)12-11(18)14(10(7)17)6-8(15)13(2)3/h7H,4-6H2,1-3H3,(H,12,16,18). The molecule has 1 N–H and O–H groups in total. The van der Waals surface area contributed by atoms with Gasteiger partial charge in [0.05, 0.1) is 0 Å². The molecule has 1 heterocycles. The number of barbiturate groups is 1. The van der Waals surface area contributed by atoms with Crippen LogP contribution in [0.2, 0.25) is 0 Å². The Bertz CT molecular complexity index is 392. The van der Waals surface area contributed by atoms with Crippen LogP contribution in [-0.4, -0.2) is 54.2 Å². The molecule has 0 aromatic heterocycles. The molecule has 1 unspecified atom stereocenters. The molecule has 1 atom stereocenters. The Morgan fingerprint density at radius 1 is 1.33 bits per heavy atom. The van der Waals surface area contributed by atoms with Crippen LogP contribution in [0.15, 0.2) is 0 Å². The number of imide groups is 2. The predicted octanol–water partition coefficient (Wildman–Crippen LogP) is -0.431. The molecule has 7 nitrogen and oxygen atoms in total. The maximum absolute atomic E-state index is 12.0. The van der Waals surface area contributed by atoms with Gasteiger partial charge in [-0.1, -0.05) is 13.3 Å². The van der Waals surface area contributed by atoms with E-state index in [2.05, 4.69) is 5.32 Å². The molecule has 7 heteroatoms. The molecule has 5 amide bonds. The average Bonchev–Trinajstić information content (AvgIpc) is 2.29. The van der Waals surface area contributed by atoms with Gasteiger partial charge in [0.25, 0.3) is 0 Å². The van der Waals surface area contributed by atoms with Crippen molar-refractivity contribution in [1.82, 2.24) is 15.1 Å². The van der Waals surface area contributed by atoms with E-state index in [1.807, 2.05) is 6.92 Å². The van der Waals surface area contributed by atoms with Crippen molar-refractivity contribution in [2.45, 2.75) is 19.8 Å². The zero-order chi connectivity index (χ0) is 13.9. The van der Waals surface area contributed by atoms with Gasteiger partial charge in [0.2, 0.25) is 17.7 Å². The number of amides is 5. The summed E-state index contributed by atoms with van der Waals surface area (Å²) in [7, 11) is 3.06. The molecule has 0 spiro atoms. The number of nitrogens with one attached hydrogen (secondary N) is 1. The number of hydrogen-bond acceptors (Lipinski definition) is 4. The molecular weight excluding hydrogens is 238 g/mol. The number of rotatable bonds is 4. The largest absolute Gasteiger partial charge is 0.347 e. The lowest BCUT2D eigenvalue weighted by Crippen LogP contribution is -2.59. The van der Waals surface area contributed by atoms with Crippen molar-refractivity contribution in [3.8, 4) is 0 Å². The molecule has 1 saturated heterocycles. The van der Waals surface area contributed by atoms with Gasteiger partial charge >= 0.3 is 6.03 Å². The van der Waals surface area contributed by atoms with Crippen molar-refractivity contribution >= 4 is 23.8 Å². The lowest BCUT2D eigenvalue weighted by Gasteiger charge is -2.30. The van der Waals surface area contributed by atoms with Crippen LogP contribution in [0.25, 0.3) is 0 Å². The summed E-state index contributed by atoms with van der Waals surface area (Å²) in [5, 5.41) is 2.10. The maximum Gasteiger partial charge on any atom is 0.331 e. The molecule has 0 aliphatic carbocycles.